The number of amides is 2. The monoisotopic (exact) mass is 363 g/mol. The molecule has 10 heteroatoms. The van der Waals surface area contributed by atoms with Crippen molar-refractivity contribution in [2.24, 2.45) is 0 Å². The van der Waals surface area contributed by atoms with Crippen LogP contribution in [0.15, 0.2) is 59.5 Å². The molecule has 130 valence electrons. The molecule has 0 bridgehead atoms. The number of hydrogen-bond acceptors (Lipinski definition) is 6. The first-order valence-electron chi connectivity index (χ1n) is 6.93. The second kappa shape index (κ2) is 7.53. The quantitative estimate of drug-likeness (QED) is 0.453. The largest absolute Gasteiger partial charge is 0.326 e. The average Bonchev–Trinajstić information content (AvgIpc) is 2.55. The second-order valence-corrected chi connectivity index (χ2v) is 6.55. The van der Waals surface area contributed by atoms with Gasteiger partial charge in [0.15, 0.2) is 0 Å². The van der Waals surface area contributed by atoms with E-state index >= 15 is 0 Å². The Labute approximate surface area is 142 Å². The number of nitro groups is 1. The number of non-ortho nitro benzene ring substituents is 1. The van der Waals surface area contributed by atoms with Gasteiger partial charge in [0.25, 0.3) is 15.7 Å². The molecule has 2 aromatic rings. The topological polar surface area (TPSA) is 135 Å². The molecule has 2 rings (SSSR count). The van der Waals surface area contributed by atoms with Crippen LogP contribution in [-0.2, 0) is 19.6 Å². The summed E-state index contributed by atoms with van der Waals surface area (Å²) in [6.07, 6.45) is -0.719. The van der Waals surface area contributed by atoms with Gasteiger partial charge in [0.05, 0.1) is 9.82 Å². The number of carbonyl (C=O) groups excluding carboxylic acids is 2. The zero-order chi connectivity index (χ0) is 18.4. The average molecular weight is 363 g/mol. The molecule has 0 aliphatic carbocycles. The minimum Gasteiger partial charge on any atom is -0.326 e. The summed E-state index contributed by atoms with van der Waals surface area (Å²) in [6, 6.07) is 12.2. The number of hydrogen-bond donors (Lipinski definition) is 2. The van der Waals surface area contributed by atoms with Gasteiger partial charge in [-0.05, 0) is 24.3 Å². The summed E-state index contributed by atoms with van der Waals surface area (Å²) in [5, 5.41) is 12.9. The molecule has 0 aromatic heterocycles. The molecule has 2 amide bonds. The number of benzene rings is 2. The van der Waals surface area contributed by atoms with Crippen LogP contribution in [-0.4, -0.2) is 25.2 Å². The molecule has 0 spiro atoms. The predicted octanol–water partition coefficient (Wildman–Crippen LogP) is 1.43. The highest BCUT2D eigenvalue weighted by Crippen LogP contribution is 2.15. The summed E-state index contributed by atoms with van der Waals surface area (Å²) >= 11 is 0. The molecule has 0 aliphatic rings. The van der Waals surface area contributed by atoms with Crippen LogP contribution in [0.3, 0.4) is 0 Å². The lowest BCUT2D eigenvalue weighted by molar-refractivity contribution is -0.384. The third-order valence-electron chi connectivity index (χ3n) is 2.98. The SMILES string of the molecule is O=C(CC(=O)NS(=O)(=O)c1ccccc1)Nc1ccc([N+](=O)[O-])cc1. The second-order valence-electron chi connectivity index (χ2n) is 4.87. The maximum Gasteiger partial charge on any atom is 0.269 e. The van der Waals surface area contributed by atoms with Crippen molar-refractivity contribution in [1.82, 2.24) is 4.72 Å². The van der Waals surface area contributed by atoms with Crippen LogP contribution in [0.1, 0.15) is 6.42 Å². The molecule has 0 radical (unpaired) electrons. The fourth-order valence-corrected chi connectivity index (χ4v) is 2.87. The summed E-state index contributed by atoms with van der Waals surface area (Å²) in [5.41, 5.74) is 0.0963. The number of carbonyl (C=O) groups is 2. The lowest BCUT2D eigenvalue weighted by Gasteiger charge is -2.07. The first-order chi connectivity index (χ1) is 11.8. The zero-order valence-corrected chi connectivity index (χ0v) is 13.5. The Morgan fingerprint density at radius 1 is 0.960 bits per heavy atom. The molecule has 25 heavy (non-hydrogen) atoms. The Kier molecular flexibility index (Phi) is 5.45. The highest BCUT2D eigenvalue weighted by molar-refractivity contribution is 7.90. The van der Waals surface area contributed by atoms with Crippen molar-refractivity contribution in [2.75, 3.05) is 5.32 Å². The molecule has 0 saturated carbocycles. The molecule has 0 aliphatic heterocycles. The molecule has 2 N–H and O–H groups in total. The third-order valence-corrected chi connectivity index (χ3v) is 4.37. The molecule has 2 aromatic carbocycles. The van der Waals surface area contributed by atoms with Gasteiger partial charge in [0, 0.05) is 17.8 Å². The summed E-state index contributed by atoms with van der Waals surface area (Å²) in [5.74, 6) is -1.75. The maximum absolute atomic E-state index is 12.0. The molecular formula is C15H13N3O6S. The Morgan fingerprint density at radius 2 is 1.56 bits per heavy atom. The lowest BCUT2D eigenvalue weighted by atomic mass is 10.2. The minimum atomic E-state index is -4.05. The molecule has 9 nitrogen and oxygen atoms in total. The van der Waals surface area contributed by atoms with E-state index in [1.54, 1.807) is 10.8 Å². The van der Waals surface area contributed by atoms with Crippen molar-refractivity contribution in [3.8, 4) is 0 Å². The molecule has 0 unspecified atom stereocenters. The zero-order valence-electron chi connectivity index (χ0n) is 12.7. The van der Waals surface area contributed by atoms with Crippen LogP contribution in [0.25, 0.3) is 0 Å². The van der Waals surface area contributed by atoms with E-state index in [4.69, 9.17) is 0 Å². The molecule has 0 fully saturated rings. The highest BCUT2D eigenvalue weighted by atomic mass is 32.2. The number of sulfonamides is 1. The number of rotatable bonds is 6. The van der Waals surface area contributed by atoms with E-state index < -0.39 is 33.2 Å². The number of nitro benzene ring substituents is 1. The number of nitrogens with zero attached hydrogens (tertiary/aromatic N) is 1. The number of nitrogens with one attached hydrogen (secondary N) is 2. The van der Waals surface area contributed by atoms with Gasteiger partial charge >= 0.3 is 0 Å². The fraction of sp³-hybridized carbons (Fsp3) is 0.0667. The molecule has 0 saturated heterocycles. The Bertz CT molecular complexity index is 895. The first kappa shape index (κ1) is 18.1. The van der Waals surface area contributed by atoms with Crippen molar-refractivity contribution in [2.45, 2.75) is 11.3 Å². The van der Waals surface area contributed by atoms with Crippen molar-refractivity contribution in [3.05, 3.63) is 64.7 Å². The standard InChI is InChI=1S/C15H13N3O6S/c19-14(16-11-6-8-12(9-7-11)18(21)22)10-15(20)17-25(23,24)13-4-2-1-3-5-13/h1-9H,10H2,(H,16,19)(H,17,20). The smallest absolute Gasteiger partial charge is 0.269 e. The van der Waals surface area contributed by atoms with E-state index in [2.05, 4.69) is 5.32 Å². The van der Waals surface area contributed by atoms with Crippen LogP contribution in [0, 0.1) is 10.1 Å². The van der Waals surface area contributed by atoms with Gasteiger partial charge in [-0.25, -0.2) is 13.1 Å². The van der Waals surface area contributed by atoms with Crippen LogP contribution < -0.4 is 10.0 Å². The van der Waals surface area contributed by atoms with Gasteiger partial charge in [-0.3, -0.25) is 19.7 Å². The predicted molar refractivity (Wildman–Crippen MR) is 88.1 cm³/mol. The van der Waals surface area contributed by atoms with Crippen LogP contribution in [0.5, 0.6) is 0 Å². The van der Waals surface area contributed by atoms with Gasteiger partial charge in [-0.1, -0.05) is 18.2 Å². The van der Waals surface area contributed by atoms with Gasteiger partial charge < -0.3 is 5.32 Å². The Balaban J connectivity index is 1.94. The molecule has 0 atom stereocenters. The summed E-state index contributed by atoms with van der Waals surface area (Å²) in [7, 11) is -4.05. The Morgan fingerprint density at radius 3 is 2.12 bits per heavy atom. The van der Waals surface area contributed by atoms with Gasteiger partial charge in [-0.15, -0.1) is 0 Å². The van der Waals surface area contributed by atoms with E-state index in [9.17, 15) is 28.1 Å². The van der Waals surface area contributed by atoms with E-state index in [1.165, 1.54) is 48.5 Å². The number of anilines is 1. The first-order valence-corrected chi connectivity index (χ1v) is 8.41. The lowest BCUT2D eigenvalue weighted by Crippen LogP contribution is -2.33. The highest BCUT2D eigenvalue weighted by Gasteiger charge is 2.19. The fourth-order valence-electron chi connectivity index (χ4n) is 1.86. The van der Waals surface area contributed by atoms with Gasteiger partial charge in [0.2, 0.25) is 11.8 Å². The minimum absolute atomic E-state index is 0.0980. The maximum atomic E-state index is 12.0. The molecular weight excluding hydrogens is 350 g/mol. The Hall–Kier alpha value is -3.27. The van der Waals surface area contributed by atoms with Crippen molar-refractivity contribution in [3.63, 3.8) is 0 Å². The van der Waals surface area contributed by atoms with E-state index in [1.807, 2.05) is 0 Å². The summed E-state index contributed by atoms with van der Waals surface area (Å²) < 4.78 is 25.7. The van der Waals surface area contributed by atoms with Crippen molar-refractivity contribution >= 4 is 33.2 Å². The molecule has 0 heterocycles. The van der Waals surface area contributed by atoms with E-state index in [-0.39, 0.29) is 16.3 Å². The van der Waals surface area contributed by atoms with Gasteiger partial charge in [0.1, 0.15) is 6.42 Å². The summed E-state index contributed by atoms with van der Waals surface area (Å²) in [4.78, 5) is 33.3. The normalized spacial score (nSPS) is 10.7. The third kappa shape index (κ3) is 5.11. The van der Waals surface area contributed by atoms with Crippen molar-refractivity contribution < 1.29 is 22.9 Å². The van der Waals surface area contributed by atoms with E-state index in [0.29, 0.717) is 0 Å². The van der Waals surface area contributed by atoms with Crippen LogP contribution in [0.4, 0.5) is 11.4 Å². The van der Waals surface area contributed by atoms with Gasteiger partial charge in [-0.2, -0.15) is 0 Å². The van der Waals surface area contributed by atoms with E-state index in [0.717, 1.165) is 0 Å². The van der Waals surface area contributed by atoms with Crippen LogP contribution >= 0.6 is 0 Å². The van der Waals surface area contributed by atoms with Crippen molar-refractivity contribution in [1.29, 1.82) is 0 Å². The summed E-state index contributed by atoms with van der Waals surface area (Å²) in [6.45, 7) is 0. The van der Waals surface area contributed by atoms with Crippen LogP contribution in [0.2, 0.25) is 0 Å².